The highest BCUT2D eigenvalue weighted by molar-refractivity contribution is 5.14. The normalized spacial score (nSPS) is 17.9. The predicted octanol–water partition coefficient (Wildman–Crippen LogP) is 2.01. The summed E-state index contributed by atoms with van der Waals surface area (Å²) >= 11 is 0. The van der Waals surface area contributed by atoms with Gasteiger partial charge in [0.2, 0.25) is 0 Å². The Bertz CT molecular complexity index is 550. The van der Waals surface area contributed by atoms with Gasteiger partial charge in [0.05, 0.1) is 0 Å². The van der Waals surface area contributed by atoms with Gasteiger partial charge in [0.15, 0.2) is 0 Å². The van der Waals surface area contributed by atoms with Crippen LogP contribution in [0.1, 0.15) is 30.1 Å². The van der Waals surface area contributed by atoms with Crippen molar-refractivity contribution in [3.05, 3.63) is 47.5 Å². The molecule has 3 rings (SSSR count). The molecule has 1 aliphatic heterocycles. The van der Waals surface area contributed by atoms with Gasteiger partial charge in [-0.2, -0.15) is 0 Å². The van der Waals surface area contributed by atoms with Gasteiger partial charge in [-0.05, 0) is 24.8 Å². The van der Waals surface area contributed by atoms with Crippen molar-refractivity contribution >= 4 is 0 Å². The zero-order valence-electron chi connectivity index (χ0n) is 11.7. The van der Waals surface area contributed by atoms with Crippen LogP contribution >= 0.6 is 0 Å². The Morgan fingerprint density at radius 2 is 2.00 bits per heavy atom. The van der Waals surface area contributed by atoms with Crippen LogP contribution < -0.4 is 0 Å². The van der Waals surface area contributed by atoms with E-state index in [-0.39, 0.29) is 6.61 Å². The van der Waals surface area contributed by atoms with E-state index in [9.17, 15) is 5.11 Å². The smallest absolute Gasteiger partial charge is 0.133 e. The summed E-state index contributed by atoms with van der Waals surface area (Å²) in [6.45, 7) is 1.14. The summed E-state index contributed by atoms with van der Waals surface area (Å²) in [5.74, 6) is 2.53. The van der Waals surface area contributed by atoms with E-state index in [0.29, 0.717) is 5.92 Å². The van der Waals surface area contributed by atoms with Crippen LogP contribution in [0.3, 0.4) is 0 Å². The molecular formula is C16H21N3O. The standard InChI is InChI=1S/C16H21N3O/c20-12-14-9-10-16-18-17-15(19(16)11-14)8-4-7-13-5-2-1-3-6-13/h1-3,5-6,14,20H,4,7-12H2. The number of aryl methyl sites for hydroxylation is 3. The maximum Gasteiger partial charge on any atom is 0.133 e. The maximum absolute atomic E-state index is 9.32. The van der Waals surface area contributed by atoms with Gasteiger partial charge in [0.25, 0.3) is 0 Å². The molecule has 1 atom stereocenters. The average Bonchev–Trinajstić information content (AvgIpc) is 2.91. The molecule has 0 radical (unpaired) electrons. The molecule has 4 nitrogen and oxygen atoms in total. The van der Waals surface area contributed by atoms with E-state index in [4.69, 9.17) is 0 Å². The minimum atomic E-state index is 0.265. The second kappa shape index (κ2) is 6.18. The minimum absolute atomic E-state index is 0.265. The molecule has 20 heavy (non-hydrogen) atoms. The van der Waals surface area contributed by atoms with Crippen LogP contribution in [-0.4, -0.2) is 26.5 Å². The Morgan fingerprint density at radius 1 is 1.15 bits per heavy atom. The van der Waals surface area contributed by atoms with E-state index < -0.39 is 0 Å². The van der Waals surface area contributed by atoms with Crippen molar-refractivity contribution in [2.75, 3.05) is 6.61 Å². The molecule has 0 saturated heterocycles. The third kappa shape index (κ3) is 2.90. The van der Waals surface area contributed by atoms with Gasteiger partial charge in [-0.25, -0.2) is 0 Å². The van der Waals surface area contributed by atoms with Gasteiger partial charge in [-0.3, -0.25) is 0 Å². The SMILES string of the molecule is OCC1CCc2nnc(CCCc3ccccc3)n2C1. The number of aliphatic hydroxyl groups is 1. The molecule has 0 aliphatic carbocycles. The third-order valence-electron chi connectivity index (χ3n) is 4.09. The topological polar surface area (TPSA) is 50.9 Å². The molecule has 0 saturated carbocycles. The predicted molar refractivity (Wildman–Crippen MR) is 77.4 cm³/mol. The number of fused-ring (bicyclic) bond motifs is 1. The molecule has 1 aliphatic rings. The Hall–Kier alpha value is -1.68. The van der Waals surface area contributed by atoms with Gasteiger partial charge >= 0.3 is 0 Å². The van der Waals surface area contributed by atoms with E-state index in [1.807, 2.05) is 6.07 Å². The summed E-state index contributed by atoms with van der Waals surface area (Å²) in [4.78, 5) is 0. The number of aromatic nitrogens is 3. The molecule has 0 spiro atoms. The molecule has 2 aromatic rings. The highest BCUT2D eigenvalue weighted by Crippen LogP contribution is 2.20. The molecule has 0 amide bonds. The lowest BCUT2D eigenvalue weighted by molar-refractivity contribution is 0.189. The zero-order valence-corrected chi connectivity index (χ0v) is 11.7. The molecule has 1 unspecified atom stereocenters. The van der Waals surface area contributed by atoms with Gasteiger partial charge in [-0.15, -0.1) is 10.2 Å². The first kappa shape index (κ1) is 13.3. The Morgan fingerprint density at radius 3 is 2.80 bits per heavy atom. The van der Waals surface area contributed by atoms with Crippen molar-refractivity contribution < 1.29 is 5.11 Å². The lowest BCUT2D eigenvalue weighted by Crippen LogP contribution is -2.24. The molecule has 0 fully saturated rings. The van der Waals surface area contributed by atoms with Gasteiger partial charge < -0.3 is 9.67 Å². The molecule has 4 heteroatoms. The van der Waals surface area contributed by atoms with Crippen LogP contribution in [0, 0.1) is 5.92 Å². The molecule has 2 heterocycles. The van der Waals surface area contributed by atoms with E-state index >= 15 is 0 Å². The molecule has 1 aromatic carbocycles. The summed E-state index contributed by atoms with van der Waals surface area (Å²) in [6.07, 6.45) is 5.09. The summed E-state index contributed by atoms with van der Waals surface area (Å²) in [6, 6.07) is 10.6. The van der Waals surface area contributed by atoms with Crippen molar-refractivity contribution in [1.82, 2.24) is 14.8 Å². The van der Waals surface area contributed by atoms with Gasteiger partial charge in [-0.1, -0.05) is 30.3 Å². The largest absolute Gasteiger partial charge is 0.396 e. The first-order chi connectivity index (χ1) is 9.86. The first-order valence-electron chi connectivity index (χ1n) is 7.42. The lowest BCUT2D eigenvalue weighted by atomic mass is 10.00. The van der Waals surface area contributed by atoms with Gasteiger partial charge in [0.1, 0.15) is 11.6 Å². The first-order valence-corrected chi connectivity index (χ1v) is 7.42. The second-order valence-corrected chi connectivity index (χ2v) is 5.57. The average molecular weight is 271 g/mol. The number of hydrogen-bond acceptors (Lipinski definition) is 3. The van der Waals surface area contributed by atoms with Crippen molar-refractivity contribution in [1.29, 1.82) is 0 Å². The van der Waals surface area contributed by atoms with E-state index in [0.717, 1.165) is 50.3 Å². The Kier molecular flexibility index (Phi) is 4.11. The van der Waals surface area contributed by atoms with E-state index in [1.54, 1.807) is 0 Å². The van der Waals surface area contributed by atoms with Crippen LogP contribution in [0.2, 0.25) is 0 Å². The monoisotopic (exact) mass is 271 g/mol. The zero-order chi connectivity index (χ0) is 13.8. The molecular weight excluding hydrogens is 250 g/mol. The van der Waals surface area contributed by atoms with Crippen molar-refractivity contribution in [3.8, 4) is 0 Å². The Labute approximate surface area is 119 Å². The lowest BCUT2D eigenvalue weighted by Gasteiger charge is -2.22. The Balaban J connectivity index is 1.60. The summed E-state index contributed by atoms with van der Waals surface area (Å²) in [5, 5.41) is 17.9. The van der Waals surface area contributed by atoms with Crippen LogP contribution in [-0.2, 0) is 25.8 Å². The van der Waals surface area contributed by atoms with E-state index in [2.05, 4.69) is 39.0 Å². The fourth-order valence-electron chi connectivity index (χ4n) is 2.88. The third-order valence-corrected chi connectivity index (χ3v) is 4.09. The molecule has 0 bridgehead atoms. The fourth-order valence-corrected chi connectivity index (χ4v) is 2.88. The van der Waals surface area contributed by atoms with Gasteiger partial charge in [0, 0.05) is 31.9 Å². The van der Waals surface area contributed by atoms with Crippen molar-refractivity contribution in [2.45, 2.75) is 38.6 Å². The highest BCUT2D eigenvalue weighted by atomic mass is 16.3. The second-order valence-electron chi connectivity index (χ2n) is 5.57. The number of hydrogen-bond donors (Lipinski definition) is 1. The summed E-state index contributed by atoms with van der Waals surface area (Å²) in [7, 11) is 0. The molecule has 1 N–H and O–H groups in total. The number of benzene rings is 1. The van der Waals surface area contributed by atoms with Crippen LogP contribution in [0.25, 0.3) is 0 Å². The minimum Gasteiger partial charge on any atom is -0.396 e. The number of rotatable bonds is 5. The molecule has 1 aromatic heterocycles. The summed E-state index contributed by atoms with van der Waals surface area (Å²) in [5.41, 5.74) is 1.37. The maximum atomic E-state index is 9.32. The van der Waals surface area contributed by atoms with Crippen molar-refractivity contribution in [3.63, 3.8) is 0 Å². The van der Waals surface area contributed by atoms with Crippen LogP contribution in [0.4, 0.5) is 0 Å². The van der Waals surface area contributed by atoms with E-state index in [1.165, 1.54) is 5.56 Å². The van der Waals surface area contributed by atoms with Crippen LogP contribution in [0.5, 0.6) is 0 Å². The number of nitrogens with zero attached hydrogens (tertiary/aromatic N) is 3. The molecule has 106 valence electrons. The van der Waals surface area contributed by atoms with Crippen molar-refractivity contribution in [2.24, 2.45) is 5.92 Å². The highest BCUT2D eigenvalue weighted by Gasteiger charge is 2.21. The quantitative estimate of drug-likeness (QED) is 0.905. The fraction of sp³-hybridized carbons (Fsp3) is 0.500. The van der Waals surface area contributed by atoms with Crippen LogP contribution in [0.15, 0.2) is 30.3 Å². The summed E-state index contributed by atoms with van der Waals surface area (Å²) < 4.78 is 2.22. The number of aliphatic hydroxyl groups excluding tert-OH is 1.